The molecule has 0 spiro atoms. The molecule has 2 rings (SSSR count). The van der Waals surface area contributed by atoms with Crippen molar-refractivity contribution in [3.8, 4) is 11.1 Å². The van der Waals surface area contributed by atoms with Gasteiger partial charge in [0, 0.05) is 12.1 Å². The van der Waals surface area contributed by atoms with E-state index in [0.29, 0.717) is 5.56 Å². The van der Waals surface area contributed by atoms with E-state index in [4.69, 9.17) is 6.57 Å². The van der Waals surface area contributed by atoms with Crippen molar-refractivity contribution in [1.29, 1.82) is 0 Å². The van der Waals surface area contributed by atoms with Gasteiger partial charge in [-0.1, -0.05) is 18.2 Å². The highest BCUT2D eigenvalue weighted by molar-refractivity contribution is 5.70. The van der Waals surface area contributed by atoms with Gasteiger partial charge in [0.2, 0.25) is 0 Å². The van der Waals surface area contributed by atoms with E-state index in [-0.39, 0.29) is 11.3 Å². The third-order valence-electron chi connectivity index (χ3n) is 2.83. The molecule has 21 heavy (non-hydrogen) atoms. The van der Waals surface area contributed by atoms with Crippen LogP contribution in [-0.2, 0) is 6.18 Å². The molecule has 7 heteroatoms. The zero-order valence-corrected chi connectivity index (χ0v) is 10.4. The number of hydrogen-bond acceptors (Lipinski definition) is 2. The van der Waals surface area contributed by atoms with Gasteiger partial charge in [-0.15, -0.1) is 0 Å². The second kappa shape index (κ2) is 5.25. The van der Waals surface area contributed by atoms with Crippen molar-refractivity contribution in [2.24, 2.45) is 0 Å². The van der Waals surface area contributed by atoms with Gasteiger partial charge in [-0.2, -0.15) is 13.2 Å². The molecule has 0 N–H and O–H groups in total. The number of non-ortho nitro benzene ring substituents is 1. The Kier molecular flexibility index (Phi) is 3.63. The van der Waals surface area contributed by atoms with Crippen molar-refractivity contribution >= 4 is 11.4 Å². The molecule has 0 unspecified atom stereocenters. The van der Waals surface area contributed by atoms with E-state index >= 15 is 0 Å². The number of nitrogens with zero attached hydrogens (tertiary/aromatic N) is 2. The third-order valence-corrected chi connectivity index (χ3v) is 2.83. The number of benzene rings is 2. The fraction of sp³-hybridized carbons (Fsp3) is 0.0714. The van der Waals surface area contributed by atoms with Gasteiger partial charge in [0.15, 0.2) is 5.69 Å². The van der Waals surface area contributed by atoms with E-state index in [2.05, 4.69) is 4.85 Å². The highest BCUT2D eigenvalue weighted by Gasteiger charge is 2.33. The summed E-state index contributed by atoms with van der Waals surface area (Å²) in [6, 6.07) is 8.50. The molecule has 0 aliphatic carbocycles. The summed E-state index contributed by atoms with van der Waals surface area (Å²) < 4.78 is 38.6. The average molecular weight is 292 g/mol. The van der Waals surface area contributed by atoms with Crippen LogP contribution in [0.1, 0.15) is 5.56 Å². The van der Waals surface area contributed by atoms with Crippen molar-refractivity contribution < 1.29 is 18.1 Å². The highest BCUT2D eigenvalue weighted by atomic mass is 19.4. The lowest BCUT2D eigenvalue weighted by Gasteiger charge is -2.11. The van der Waals surface area contributed by atoms with Crippen LogP contribution >= 0.6 is 0 Å². The molecule has 0 aromatic heterocycles. The average Bonchev–Trinajstić information content (AvgIpc) is 2.45. The van der Waals surface area contributed by atoms with Crippen LogP contribution in [0.5, 0.6) is 0 Å². The largest absolute Gasteiger partial charge is 0.407 e. The molecule has 0 amide bonds. The maximum absolute atomic E-state index is 12.9. The van der Waals surface area contributed by atoms with E-state index in [1.165, 1.54) is 30.3 Å². The first-order valence-electron chi connectivity index (χ1n) is 5.66. The quantitative estimate of drug-likeness (QED) is 0.452. The van der Waals surface area contributed by atoms with Crippen LogP contribution < -0.4 is 0 Å². The van der Waals surface area contributed by atoms with Crippen LogP contribution in [0.25, 0.3) is 16.0 Å². The fourth-order valence-electron chi connectivity index (χ4n) is 1.82. The summed E-state index contributed by atoms with van der Waals surface area (Å²) in [7, 11) is 0. The molecule has 0 aliphatic rings. The Balaban J connectivity index is 2.50. The molecule has 0 saturated carbocycles. The van der Waals surface area contributed by atoms with Gasteiger partial charge in [0.25, 0.3) is 5.69 Å². The lowest BCUT2D eigenvalue weighted by molar-refractivity contribution is -0.384. The molecule has 0 bridgehead atoms. The Morgan fingerprint density at radius 3 is 2.10 bits per heavy atom. The maximum atomic E-state index is 12.9. The molecule has 0 fully saturated rings. The Morgan fingerprint density at radius 2 is 1.62 bits per heavy atom. The molecule has 2 aromatic rings. The van der Waals surface area contributed by atoms with Gasteiger partial charge < -0.3 is 0 Å². The zero-order valence-electron chi connectivity index (χ0n) is 10.4. The monoisotopic (exact) mass is 292 g/mol. The van der Waals surface area contributed by atoms with E-state index in [9.17, 15) is 23.3 Å². The van der Waals surface area contributed by atoms with Crippen LogP contribution in [0.3, 0.4) is 0 Å². The first-order valence-corrected chi connectivity index (χ1v) is 5.66. The molecular formula is C14H7F3N2O2. The SMILES string of the molecule is [C-]#[N+]c1ccc(-c2ccc([N+](=O)[O-])cc2)cc1C(F)(F)F. The van der Waals surface area contributed by atoms with Crippen LogP contribution in [0.15, 0.2) is 42.5 Å². The third kappa shape index (κ3) is 3.00. The van der Waals surface area contributed by atoms with Crippen molar-refractivity contribution in [2.45, 2.75) is 6.18 Å². The molecule has 0 aliphatic heterocycles. The van der Waals surface area contributed by atoms with Crippen molar-refractivity contribution in [3.63, 3.8) is 0 Å². The topological polar surface area (TPSA) is 47.5 Å². The van der Waals surface area contributed by atoms with Gasteiger partial charge in [0.1, 0.15) is 0 Å². The minimum absolute atomic E-state index is 0.146. The summed E-state index contributed by atoms with van der Waals surface area (Å²) in [5, 5.41) is 10.5. The van der Waals surface area contributed by atoms with Crippen molar-refractivity contribution in [2.75, 3.05) is 0 Å². The van der Waals surface area contributed by atoms with Crippen LogP contribution in [0, 0.1) is 16.7 Å². The Hall–Kier alpha value is -2.88. The maximum Gasteiger partial charge on any atom is 0.407 e. The van der Waals surface area contributed by atoms with Gasteiger partial charge in [-0.25, -0.2) is 4.85 Å². The molecular weight excluding hydrogens is 285 g/mol. The van der Waals surface area contributed by atoms with E-state index in [1.807, 2.05) is 0 Å². The van der Waals surface area contributed by atoms with Gasteiger partial charge in [-0.05, 0) is 23.3 Å². The molecule has 0 radical (unpaired) electrons. The second-order valence-corrected chi connectivity index (χ2v) is 4.15. The predicted molar refractivity (Wildman–Crippen MR) is 69.8 cm³/mol. The van der Waals surface area contributed by atoms with E-state index in [0.717, 1.165) is 12.1 Å². The molecule has 2 aromatic carbocycles. The van der Waals surface area contributed by atoms with Crippen LogP contribution in [-0.4, -0.2) is 4.92 Å². The number of nitro groups is 1. The minimum atomic E-state index is -4.63. The standard InChI is InChI=1S/C14H7F3N2O2/c1-18-13-7-4-10(8-12(13)14(15,16)17)9-2-5-11(6-3-9)19(20)21/h2-8H. The van der Waals surface area contributed by atoms with Crippen molar-refractivity contribution in [3.05, 3.63) is 69.6 Å². The summed E-state index contributed by atoms with van der Waals surface area (Å²) in [6.45, 7) is 6.76. The lowest BCUT2D eigenvalue weighted by Crippen LogP contribution is -2.05. The lowest BCUT2D eigenvalue weighted by atomic mass is 10.0. The fourth-order valence-corrected chi connectivity index (χ4v) is 1.82. The van der Waals surface area contributed by atoms with Gasteiger partial charge in [0.05, 0.1) is 17.1 Å². The number of alkyl halides is 3. The van der Waals surface area contributed by atoms with Crippen molar-refractivity contribution in [1.82, 2.24) is 0 Å². The molecule has 0 saturated heterocycles. The normalized spacial score (nSPS) is 11.0. The summed E-state index contributed by atoms with van der Waals surface area (Å²) in [4.78, 5) is 12.8. The predicted octanol–water partition coefficient (Wildman–Crippen LogP) is 4.83. The Labute approximate surface area is 117 Å². The highest BCUT2D eigenvalue weighted by Crippen LogP contribution is 2.39. The first-order chi connectivity index (χ1) is 9.82. The molecule has 0 heterocycles. The molecule has 106 valence electrons. The number of halogens is 3. The Bertz CT molecular complexity index is 731. The number of nitro benzene ring substituents is 1. The van der Waals surface area contributed by atoms with Gasteiger partial charge >= 0.3 is 6.18 Å². The molecule has 0 atom stereocenters. The van der Waals surface area contributed by atoms with Gasteiger partial charge in [-0.3, -0.25) is 10.1 Å². The van der Waals surface area contributed by atoms with Crippen LogP contribution in [0.4, 0.5) is 24.5 Å². The number of rotatable bonds is 2. The summed E-state index contributed by atoms with van der Waals surface area (Å²) in [6.07, 6.45) is -4.63. The Morgan fingerprint density at radius 1 is 1.05 bits per heavy atom. The summed E-state index contributed by atoms with van der Waals surface area (Å²) in [5.41, 5.74) is -0.999. The van der Waals surface area contributed by atoms with E-state index < -0.39 is 22.4 Å². The smallest absolute Gasteiger partial charge is 0.258 e. The minimum Gasteiger partial charge on any atom is -0.258 e. The number of hydrogen-bond donors (Lipinski definition) is 0. The summed E-state index contributed by atoms with van der Waals surface area (Å²) in [5.74, 6) is 0. The first kappa shape index (κ1) is 14.5. The van der Waals surface area contributed by atoms with Crippen LogP contribution in [0.2, 0.25) is 0 Å². The molecule has 4 nitrogen and oxygen atoms in total. The second-order valence-electron chi connectivity index (χ2n) is 4.15. The summed E-state index contributed by atoms with van der Waals surface area (Å²) >= 11 is 0. The van der Waals surface area contributed by atoms with E-state index in [1.54, 1.807) is 0 Å². The zero-order chi connectivity index (χ0) is 15.6.